The largest absolute Gasteiger partial charge is 0.477 e. The average molecular weight is 407 g/mol. The van der Waals surface area contributed by atoms with Gasteiger partial charge in [-0.15, -0.1) is 11.8 Å². The van der Waals surface area contributed by atoms with Gasteiger partial charge in [0, 0.05) is 11.3 Å². The second-order valence-electron chi connectivity index (χ2n) is 5.92. The molecule has 1 saturated heterocycles. The lowest BCUT2D eigenvalue weighted by Crippen LogP contribution is -2.70. The Labute approximate surface area is 159 Å². The maximum Gasteiger partial charge on any atom is 0.353 e. The van der Waals surface area contributed by atoms with Crippen molar-refractivity contribution < 1.29 is 28.3 Å². The van der Waals surface area contributed by atoms with Crippen molar-refractivity contribution >= 4 is 35.1 Å². The van der Waals surface area contributed by atoms with Gasteiger partial charge in [-0.2, -0.15) is 5.10 Å². The summed E-state index contributed by atoms with van der Waals surface area (Å²) in [6.07, 6.45) is 1.21. The molecule has 0 unspecified atom stereocenters. The molecule has 28 heavy (non-hydrogen) atoms. The number of hydrogen-bond acceptors (Lipinski definition) is 6. The lowest BCUT2D eigenvalue weighted by Gasteiger charge is -2.49. The van der Waals surface area contributed by atoms with Crippen LogP contribution in [0.2, 0.25) is 0 Å². The summed E-state index contributed by atoms with van der Waals surface area (Å²) in [5, 5.41) is 17.4. The first-order valence-electron chi connectivity index (χ1n) is 7.92. The summed E-state index contributed by atoms with van der Waals surface area (Å²) < 4.78 is 27.6. The van der Waals surface area contributed by atoms with E-state index >= 15 is 0 Å². The van der Waals surface area contributed by atoms with Crippen molar-refractivity contribution in [2.24, 2.45) is 0 Å². The summed E-state index contributed by atoms with van der Waals surface area (Å²) in [5.41, 5.74) is -0.788. The zero-order chi connectivity index (χ0) is 20.0. The molecule has 12 heteroatoms. The van der Waals surface area contributed by atoms with Gasteiger partial charge in [-0.25, -0.2) is 18.6 Å². The fraction of sp³-hybridized carbons (Fsp3) is 0.188. The molecule has 3 heterocycles. The third-order valence-electron chi connectivity index (χ3n) is 4.35. The van der Waals surface area contributed by atoms with Crippen LogP contribution in [0.15, 0.2) is 30.2 Å². The summed E-state index contributed by atoms with van der Waals surface area (Å²) in [4.78, 5) is 41.4. The van der Waals surface area contributed by atoms with E-state index < -0.39 is 46.4 Å². The summed E-state index contributed by atoms with van der Waals surface area (Å²) in [7, 11) is 0. The second kappa shape index (κ2) is 6.71. The topological polar surface area (TPSA) is 128 Å². The Balaban J connectivity index is 1.60. The van der Waals surface area contributed by atoms with Gasteiger partial charge in [0.2, 0.25) is 0 Å². The van der Waals surface area contributed by atoms with Crippen molar-refractivity contribution in [1.82, 2.24) is 25.4 Å². The lowest BCUT2D eigenvalue weighted by molar-refractivity contribution is -0.148. The number of rotatable bonds is 4. The summed E-state index contributed by atoms with van der Waals surface area (Å²) in [5.74, 6) is -4.83. The molecule has 4 rings (SSSR count). The predicted octanol–water partition coefficient (Wildman–Crippen LogP) is 0.592. The fourth-order valence-corrected chi connectivity index (χ4v) is 4.43. The molecule has 0 saturated carbocycles. The number of nitrogens with one attached hydrogen (secondary N) is 2. The van der Waals surface area contributed by atoms with Gasteiger partial charge in [-0.3, -0.25) is 19.6 Å². The maximum atomic E-state index is 13.8. The van der Waals surface area contributed by atoms with E-state index in [-0.39, 0.29) is 22.8 Å². The zero-order valence-corrected chi connectivity index (χ0v) is 14.7. The van der Waals surface area contributed by atoms with E-state index in [0.717, 1.165) is 23.1 Å². The number of benzene rings is 1. The van der Waals surface area contributed by atoms with Crippen LogP contribution in [0, 0.1) is 11.6 Å². The Hall–Kier alpha value is -3.28. The zero-order valence-electron chi connectivity index (χ0n) is 13.8. The Kier molecular flexibility index (Phi) is 4.34. The van der Waals surface area contributed by atoms with Gasteiger partial charge in [-0.1, -0.05) is 6.07 Å². The number of H-pyrrole nitrogens is 1. The number of carbonyl (C=O) groups is 3. The number of thioether (sulfide) groups is 1. The van der Waals surface area contributed by atoms with E-state index in [2.05, 4.69) is 20.5 Å². The smallest absolute Gasteiger partial charge is 0.353 e. The van der Waals surface area contributed by atoms with E-state index in [0.29, 0.717) is 0 Å². The Bertz CT molecular complexity index is 1010. The molecule has 2 aromatic rings. The van der Waals surface area contributed by atoms with Crippen molar-refractivity contribution in [2.75, 3.05) is 5.75 Å². The SMILES string of the molecule is O=C(O)C1=C(c2ncn[nH]2)CS[C@@H]2[C@H](NC(=O)c3c(F)cccc3F)C(=O)N12. The molecule has 1 aromatic carbocycles. The van der Waals surface area contributed by atoms with Gasteiger partial charge in [0.15, 0.2) is 5.82 Å². The van der Waals surface area contributed by atoms with E-state index in [1.807, 2.05) is 0 Å². The predicted molar refractivity (Wildman–Crippen MR) is 91.6 cm³/mol. The van der Waals surface area contributed by atoms with Crippen molar-refractivity contribution in [3.63, 3.8) is 0 Å². The van der Waals surface area contributed by atoms with Crippen LogP contribution in [0.4, 0.5) is 8.78 Å². The van der Waals surface area contributed by atoms with Gasteiger partial charge in [0.25, 0.3) is 11.8 Å². The molecule has 2 aliphatic rings. The number of nitrogens with zero attached hydrogens (tertiary/aromatic N) is 3. The van der Waals surface area contributed by atoms with E-state index in [1.54, 1.807) is 0 Å². The minimum Gasteiger partial charge on any atom is -0.477 e. The molecule has 2 aliphatic heterocycles. The number of aromatic nitrogens is 3. The highest BCUT2D eigenvalue weighted by Gasteiger charge is 2.54. The number of fused-ring (bicyclic) bond motifs is 1. The molecule has 9 nitrogen and oxygen atoms in total. The quantitative estimate of drug-likeness (QED) is 0.633. The van der Waals surface area contributed by atoms with Gasteiger partial charge in [0.1, 0.15) is 40.6 Å². The summed E-state index contributed by atoms with van der Waals surface area (Å²) in [6, 6.07) is 1.86. The van der Waals surface area contributed by atoms with Crippen LogP contribution in [-0.2, 0) is 9.59 Å². The first kappa shape index (κ1) is 18.1. The van der Waals surface area contributed by atoms with Gasteiger partial charge >= 0.3 is 5.97 Å². The number of aromatic amines is 1. The van der Waals surface area contributed by atoms with Crippen LogP contribution in [0.1, 0.15) is 16.2 Å². The summed E-state index contributed by atoms with van der Waals surface area (Å²) in [6.45, 7) is 0. The number of hydrogen-bond donors (Lipinski definition) is 3. The molecule has 1 fully saturated rings. The number of carboxylic acids is 1. The molecule has 144 valence electrons. The molecule has 1 aromatic heterocycles. The van der Waals surface area contributed by atoms with Crippen molar-refractivity contribution in [3.8, 4) is 0 Å². The average Bonchev–Trinajstić information content (AvgIpc) is 3.19. The number of carbonyl (C=O) groups excluding carboxylic acids is 2. The second-order valence-corrected chi connectivity index (χ2v) is 7.03. The fourth-order valence-electron chi connectivity index (χ4n) is 3.08. The third-order valence-corrected chi connectivity index (χ3v) is 5.63. The van der Waals surface area contributed by atoms with Gasteiger partial charge < -0.3 is 10.4 Å². The van der Waals surface area contributed by atoms with Crippen LogP contribution in [0.5, 0.6) is 0 Å². The number of halogens is 2. The minimum absolute atomic E-state index is 0.186. The highest BCUT2D eigenvalue weighted by atomic mass is 32.2. The Morgan fingerprint density at radius 1 is 1.32 bits per heavy atom. The maximum absolute atomic E-state index is 13.8. The molecular weight excluding hydrogens is 396 g/mol. The molecule has 0 bridgehead atoms. The number of amides is 2. The van der Waals surface area contributed by atoms with Crippen LogP contribution < -0.4 is 5.32 Å². The number of aliphatic carboxylic acids is 1. The van der Waals surface area contributed by atoms with Crippen LogP contribution in [0.25, 0.3) is 5.57 Å². The van der Waals surface area contributed by atoms with Crippen LogP contribution >= 0.6 is 11.8 Å². The normalized spacial score (nSPS) is 21.2. The molecule has 2 amide bonds. The first-order chi connectivity index (χ1) is 13.4. The van der Waals surface area contributed by atoms with E-state index in [1.165, 1.54) is 18.1 Å². The highest BCUT2D eigenvalue weighted by Crippen LogP contribution is 2.42. The van der Waals surface area contributed by atoms with Crippen molar-refractivity contribution in [3.05, 3.63) is 53.2 Å². The standard InChI is InChI=1S/C16H11F2N5O4S/c17-7-2-1-3-8(18)9(7)13(24)21-10-14(25)23-11(16(26)27)6(4-28-15(10)23)12-19-5-20-22-12/h1-3,5,10,15H,4H2,(H,21,24)(H,26,27)(H,19,20,22)/t10-,15-/m1/s1. The van der Waals surface area contributed by atoms with E-state index in [4.69, 9.17) is 0 Å². The number of carboxylic acid groups (broad SMARTS) is 1. The molecule has 3 N–H and O–H groups in total. The Morgan fingerprint density at radius 3 is 2.64 bits per heavy atom. The Morgan fingerprint density at radius 2 is 2.04 bits per heavy atom. The first-order valence-corrected chi connectivity index (χ1v) is 8.96. The van der Waals surface area contributed by atoms with Crippen LogP contribution in [-0.4, -0.2) is 60.1 Å². The molecule has 2 atom stereocenters. The molecule has 0 radical (unpaired) electrons. The van der Waals surface area contributed by atoms with Crippen LogP contribution in [0.3, 0.4) is 0 Å². The minimum atomic E-state index is -1.34. The monoisotopic (exact) mass is 407 g/mol. The third kappa shape index (κ3) is 2.72. The van der Waals surface area contributed by atoms with Gasteiger partial charge in [0.05, 0.1) is 0 Å². The lowest BCUT2D eigenvalue weighted by atomic mass is 10.0. The van der Waals surface area contributed by atoms with Gasteiger partial charge in [-0.05, 0) is 12.1 Å². The molecule has 0 aliphatic carbocycles. The molecular formula is C16H11F2N5O4S. The van der Waals surface area contributed by atoms with E-state index in [9.17, 15) is 28.3 Å². The van der Waals surface area contributed by atoms with Crippen molar-refractivity contribution in [1.29, 1.82) is 0 Å². The molecule has 0 spiro atoms. The van der Waals surface area contributed by atoms with Crippen molar-refractivity contribution in [2.45, 2.75) is 11.4 Å². The number of β-lactam (4-membered cyclic amide) rings is 1. The highest BCUT2D eigenvalue weighted by molar-refractivity contribution is 8.00. The summed E-state index contributed by atoms with van der Waals surface area (Å²) >= 11 is 1.19.